The molecule has 2 aromatic heterocycles. The maximum Gasteiger partial charge on any atom is 0.340 e. The molecule has 1 N–H and O–H groups in total. The van der Waals surface area contributed by atoms with Crippen LogP contribution in [0.4, 0.5) is 0 Å². The molecule has 2 heterocycles. The molecule has 0 radical (unpaired) electrons. The van der Waals surface area contributed by atoms with Gasteiger partial charge in [-0.15, -0.1) is 0 Å². The topological polar surface area (TPSA) is 107 Å². The molecule has 27 heavy (non-hydrogen) atoms. The molecule has 9 heteroatoms. The highest BCUT2D eigenvalue weighted by Crippen LogP contribution is 2.19. The molecule has 0 fully saturated rings. The first-order valence-corrected chi connectivity index (χ1v) is 9.34. The van der Waals surface area contributed by atoms with Crippen LogP contribution in [0.2, 0.25) is 0 Å². The Morgan fingerprint density at radius 1 is 1.19 bits per heavy atom. The molecule has 0 aromatic carbocycles. The van der Waals surface area contributed by atoms with E-state index in [4.69, 9.17) is 9.47 Å². The van der Waals surface area contributed by atoms with Gasteiger partial charge >= 0.3 is 16.8 Å². The zero-order chi connectivity index (χ0) is 20.1. The Morgan fingerprint density at radius 2 is 1.89 bits per heavy atom. The van der Waals surface area contributed by atoms with Crippen LogP contribution >= 0.6 is 11.3 Å². The summed E-state index contributed by atoms with van der Waals surface area (Å²) < 4.78 is 11.5. The number of nitrogens with zero attached hydrogens (tertiary/aromatic N) is 1. The molecule has 146 valence electrons. The second-order valence-corrected chi connectivity index (χ2v) is 6.79. The fraction of sp³-hybridized carbons (Fsp3) is 0.444. The zero-order valence-electron chi connectivity index (χ0n) is 15.7. The highest BCUT2D eigenvalue weighted by atomic mass is 32.1. The number of aromatic nitrogens is 2. The van der Waals surface area contributed by atoms with E-state index in [1.807, 2.05) is 0 Å². The van der Waals surface area contributed by atoms with E-state index in [0.29, 0.717) is 16.8 Å². The van der Waals surface area contributed by atoms with Crippen molar-refractivity contribution in [3.05, 3.63) is 43.3 Å². The van der Waals surface area contributed by atoms with Crippen LogP contribution in [-0.2, 0) is 20.8 Å². The number of ether oxygens (including phenoxy) is 2. The molecular formula is C18H22N2O6S. The molecule has 0 aliphatic rings. The summed E-state index contributed by atoms with van der Waals surface area (Å²) in [4.78, 5) is 50.5. The molecule has 0 spiro atoms. The third kappa shape index (κ3) is 4.73. The summed E-state index contributed by atoms with van der Waals surface area (Å²) in [5.74, 6) is -1.52. The van der Waals surface area contributed by atoms with Gasteiger partial charge in [-0.25, -0.2) is 4.79 Å². The van der Waals surface area contributed by atoms with Crippen molar-refractivity contribution in [2.24, 2.45) is 0 Å². The minimum Gasteiger partial charge on any atom is -0.462 e. The minimum absolute atomic E-state index is 0.0123. The Kier molecular flexibility index (Phi) is 6.73. The van der Waals surface area contributed by atoms with Crippen molar-refractivity contribution in [1.29, 1.82) is 0 Å². The molecular weight excluding hydrogens is 372 g/mol. The summed E-state index contributed by atoms with van der Waals surface area (Å²) in [6.45, 7) is 6.78. The molecule has 8 nitrogen and oxygen atoms in total. The molecule has 2 rings (SSSR count). The number of nitrogens with one attached hydrogen (secondary N) is 1. The number of rotatable bonds is 8. The number of Topliss-reactive ketones (excluding diaryl/α,β-unsaturated/α-hetero) is 1. The van der Waals surface area contributed by atoms with Gasteiger partial charge in [0, 0.05) is 23.3 Å². The molecule has 2 aromatic rings. The lowest BCUT2D eigenvalue weighted by atomic mass is 10.1. The third-order valence-electron chi connectivity index (χ3n) is 4.08. The number of carbonyl (C=O) groups is 3. The Morgan fingerprint density at radius 3 is 2.48 bits per heavy atom. The van der Waals surface area contributed by atoms with Gasteiger partial charge in [-0.1, -0.05) is 11.3 Å². The molecule has 0 saturated carbocycles. The average molecular weight is 394 g/mol. The number of H-pyrrole nitrogens is 1. The summed E-state index contributed by atoms with van der Waals surface area (Å²) in [5.41, 5.74) is 2.30. The quantitative estimate of drug-likeness (QED) is 0.543. The average Bonchev–Trinajstić information content (AvgIpc) is 3.09. The van der Waals surface area contributed by atoms with E-state index in [9.17, 15) is 19.2 Å². The minimum atomic E-state index is -0.576. The highest BCUT2D eigenvalue weighted by Gasteiger charge is 2.23. The molecule has 0 amide bonds. The van der Waals surface area contributed by atoms with E-state index in [1.54, 1.807) is 33.1 Å². The highest BCUT2D eigenvalue weighted by molar-refractivity contribution is 7.07. The summed E-state index contributed by atoms with van der Waals surface area (Å²) in [5, 5.41) is 1.72. The standard InChI is InChI=1S/C18H22N2O6S/c1-5-25-17(23)15-11(3)16(19-12(15)4)13(21)8-26-14(22)6-7-20-10(2)9-27-18(20)24/h9,19H,5-8H2,1-4H3. The maximum absolute atomic E-state index is 12.3. The molecule has 0 aliphatic heterocycles. The van der Waals surface area contributed by atoms with E-state index in [1.165, 1.54) is 4.57 Å². The van der Waals surface area contributed by atoms with Gasteiger partial charge in [0.1, 0.15) is 0 Å². The van der Waals surface area contributed by atoms with Crippen molar-refractivity contribution in [1.82, 2.24) is 9.55 Å². The van der Waals surface area contributed by atoms with Gasteiger partial charge in [0.05, 0.1) is 24.3 Å². The fourth-order valence-electron chi connectivity index (χ4n) is 2.71. The first-order valence-electron chi connectivity index (χ1n) is 8.46. The second kappa shape index (κ2) is 8.81. The van der Waals surface area contributed by atoms with Gasteiger partial charge in [0.15, 0.2) is 6.61 Å². The van der Waals surface area contributed by atoms with Crippen molar-refractivity contribution in [3.8, 4) is 0 Å². The molecule has 0 saturated heterocycles. The van der Waals surface area contributed by atoms with Gasteiger partial charge in [-0.3, -0.25) is 14.4 Å². The van der Waals surface area contributed by atoms with E-state index in [-0.39, 0.29) is 30.1 Å². The van der Waals surface area contributed by atoms with Crippen molar-refractivity contribution in [2.75, 3.05) is 13.2 Å². The summed E-state index contributed by atoms with van der Waals surface area (Å²) in [6.07, 6.45) is -0.0123. The predicted molar refractivity (Wildman–Crippen MR) is 99.4 cm³/mol. The monoisotopic (exact) mass is 394 g/mol. The zero-order valence-corrected chi connectivity index (χ0v) is 16.5. The fourth-order valence-corrected chi connectivity index (χ4v) is 3.47. The number of thiazole rings is 1. The molecule has 0 bridgehead atoms. The number of carbonyl (C=O) groups excluding carboxylic acids is 3. The lowest BCUT2D eigenvalue weighted by Gasteiger charge is -2.06. The molecule has 0 unspecified atom stereocenters. The van der Waals surface area contributed by atoms with Gasteiger partial charge in [-0.2, -0.15) is 0 Å². The Hall–Kier alpha value is -2.68. The number of hydrogen-bond donors (Lipinski definition) is 1. The number of aromatic amines is 1. The third-order valence-corrected chi connectivity index (χ3v) is 4.96. The maximum atomic E-state index is 12.3. The van der Waals surface area contributed by atoms with Crippen molar-refractivity contribution in [3.63, 3.8) is 0 Å². The van der Waals surface area contributed by atoms with Crippen LogP contribution in [0, 0.1) is 20.8 Å². The van der Waals surface area contributed by atoms with E-state index in [2.05, 4.69) is 4.98 Å². The normalized spacial score (nSPS) is 10.7. The van der Waals surface area contributed by atoms with Crippen LogP contribution in [0.5, 0.6) is 0 Å². The number of esters is 2. The van der Waals surface area contributed by atoms with Crippen LogP contribution in [-0.4, -0.2) is 40.5 Å². The van der Waals surface area contributed by atoms with Gasteiger partial charge in [0.25, 0.3) is 0 Å². The number of aryl methyl sites for hydroxylation is 2. The number of hydrogen-bond acceptors (Lipinski definition) is 7. The Labute approximate surface area is 160 Å². The molecule has 0 aliphatic carbocycles. The molecule has 0 atom stereocenters. The van der Waals surface area contributed by atoms with Crippen molar-refractivity contribution in [2.45, 2.75) is 40.7 Å². The summed E-state index contributed by atoms with van der Waals surface area (Å²) >= 11 is 1.07. The van der Waals surface area contributed by atoms with Gasteiger partial charge in [0.2, 0.25) is 5.78 Å². The van der Waals surface area contributed by atoms with E-state index >= 15 is 0 Å². The number of ketones is 1. The van der Waals surface area contributed by atoms with Gasteiger partial charge in [-0.05, 0) is 33.3 Å². The largest absolute Gasteiger partial charge is 0.462 e. The Bertz CT molecular complexity index is 921. The predicted octanol–water partition coefficient (Wildman–Crippen LogP) is 2.16. The van der Waals surface area contributed by atoms with E-state index < -0.39 is 24.3 Å². The van der Waals surface area contributed by atoms with Crippen LogP contribution in [0.1, 0.15) is 51.1 Å². The van der Waals surface area contributed by atoms with Crippen LogP contribution < -0.4 is 4.87 Å². The van der Waals surface area contributed by atoms with Crippen LogP contribution in [0.25, 0.3) is 0 Å². The van der Waals surface area contributed by atoms with Gasteiger partial charge < -0.3 is 19.0 Å². The first kappa shape index (κ1) is 20.6. The second-order valence-electron chi connectivity index (χ2n) is 5.97. The van der Waals surface area contributed by atoms with Crippen LogP contribution in [0.3, 0.4) is 0 Å². The van der Waals surface area contributed by atoms with Crippen molar-refractivity contribution >= 4 is 29.1 Å². The first-order chi connectivity index (χ1) is 12.8. The van der Waals surface area contributed by atoms with Crippen LogP contribution in [0.15, 0.2) is 10.2 Å². The summed E-state index contributed by atoms with van der Waals surface area (Å²) in [7, 11) is 0. The Balaban J connectivity index is 1.95. The SMILES string of the molecule is CCOC(=O)c1c(C)[nH]c(C(=O)COC(=O)CCn2c(C)csc2=O)c1C. The van der Waals surface area contributed by atoms with E-state index in [0.717, 1.165) is 17.0 Å². The summed E-state index contributed by atoms with van der Waals surface area (Å²) in [6, 6.07) is 0. The van der Waals surface area contributed by atoms with Crippen molar-refractivity contribution < 1.29 is 23.9 Å². The smallest absolute Gasteiger partial charge is 0.340 e. The lowest BCUT2D eigenvalue weighted by molar-refractivity contribution is -0.142. The lowest BCUT2D eigenvalue weighted by Crippen LogP contribution is -2.20.